The number of rotatable bonds is 5. The van der Waals surface area contributed by atoms with Gasteiger partial charge in [-0.25, -0.2) is 9.97 Å². The van der Waals surface area contributed by atoms with Gasteiger partial charge in [0, 0.05) is 23.7 Å². The number of nitro benzene ring substituents is 1. The normalized spacial score (nSPS) is 10.3. The third kappa shape index (κ3) is 3.43. The van der Waals surface area contributed by atoms with Crippen LogP contribution >= 0.6 is 11.8 Å². The Morgan fingerprint density at radius 2 is 2.25 bits per heavy atom. The molecule has 104 valence electrons. The van der Waals surface area contributed by atoms with Crippen LogP contribution in [0, 0.1) is 17.0 Å². The smallest absolute Gasteiger partial charge is 0.293 e. The van der Waals surface area contributed by atoms with Crippen LogP contribution in [0.5, 0.6) is 0 Å². The van der Waals surface area contributed by atoms with Crippen LogP contribution in [0.15, 0.2) is 35.6 Å². The number of anilines is 1. The first kappa shape index (κ1) is 14.2. The van der Waals surface area contributed by atoms with Crippen molar-refractivity contribution < 1.29 is 4.92 Å². The molecule has 7 nitrogen and oxygen atoms in total. The summed E-state index contributed by atoms with van der Waals surface area (Å²) in [6.07, 6.45) is 1.69. The van der Waals surface area contributed by atoms with Crippen LogP contribution in [0.25, 0.3) is 0 Å². The molecule has 2 rings (SSSR count). The van der Waals surface area contributed by atoms with Gasteiger partial charge in [0.2, 0.25) is 0 Å². The van der Waals surface area contributed by atoms with Crippen LogP contribution in [-0.4, -0.2) is 14.9 Å². The van der Waals surface area contributed by atoms with Gasteiger partial charge in [-0.2, -0.15) is 0 Å². The molecule has 0 radical (unpaired) electrons. The summed E-state index contributed by atoms with van der Waals surface area (Å²) in [4.78, 5) is 18.9. The van der Waals surface area contributed by atoms with Crippen molar-refractivity contribution in [2.45, 2.75) is 17.8 Å². The lowest BCUT2D eigenvalue weighted by molar-refractivity contribution is -0.384. The number of aromatic nitrogens is 2. The van der Waals surface area contributed by atoms with Gasteiger partial charge in [0.25, 0.3) is 5.69 Å². The van der Waals surface area contributed by atoms with Gasteiger partial charge in [-0.3, -0.25) is 16.0 Å². The van der Waals surface area contributed by atoms with Gasteiger partial charge in [0.1, 0.15) is 5.69 Å². The fraction of sp³-hybridized carbons (Fsp3) is 0.167. The van der Waals surface area contributed by atoms with Crippen molar-refractivity contribution in [1.29, 1.82) is 0 Å². The summed E-state index contributed by atoms with van der Waals surface area (Å²) in [6, 6.07) is 6.69. The van der Waals surface area contributed by atoms with E-state index in [1.54, 1.807) is 18.3 Å². The first-order valence-corrected chi connectivity index (χ1v) is 6.75. The fourth-order valence-electron chi connectivity index (χ4n) is 1.58. The molecular weight excluding hydrogens is 278 g/mol. The molecule has 0 atom stereocenters. The summed E-state index contributed by atoms with van der Waals surface area (Å²) < 4.78 is 0. The summed E-state index contributed by atoms with van der Waals surface area (Å²) in [6.45, 7) is 1.89. The Bertz CT molecular complexity index is 635. The van der Waals surface area contributed by atoms with Crippen molar-refractivity contribution in [2.75, 3.05) is 5.43 Å². The van der Waals surface area contributed by atoms with Gasteiger partial charge in [0.15, 0.2) is 5.16 Å². The number of hydrazine groups is 1. The van der Waals surface area contributed by atoms with Gasteiger partial charge < -0.3 is 5.43 Å². The molecule has 0 aliphatic rings. The second kappa shape index (κ2) is 6.31. The van der Waals surface area contributed by atoms with Crippen LogP contribution in [0.4, 0.5) is 11.4 Å². The van der Waals surface area contributed by atoms with Gasteiger partial charge >= 0.3 is 0 Å². The Balaban J connectivity index is 2.14. The van der Waals surface area contributed by atoms with E-state index in [2.05, 4.69) is 15.4 Å². The molecule has 0 aliphatic carbocycles. The van der Waals surface area contributed by atoms with Crippen molar-refractivity contribution in [3.05, 3.63) is 51.8 Å². The predicted molar refractivity (Wildman–Crippen MR) is 77.2 cm³/mol. The SMILES string of the molecule is Cc1ccnc(SCc2ccc(NN)c([N+](=O)[O-])c2)n1. The molecule has 1 aromatic carbocycles. The molecule has 0 saturated heterocycles. The predicted octanol–water partition coefficient (Wildman–Crippen LogP) is 2.27. The van der Waals surface area contributed by atoms with E-state index >= 15 is 0 Å². The Morgan fingerprint density at radius 1 is 1.45 bits per heavy atom. The quantitative estimate of drug-likeness (QED) is 0.286. The van der Waals surface area contributed by atoms with Gasteiger partial charge in [0.05, 0.1) is 4.92 Å². The average molecular weight is 291 g/mol. The average Bonchev–Trinajstić information content (AvgIpc) is 2.45. The summed E-state index contributed by atoms with van der Waals surface area (Å²) in [5.74, 6) is 5.79. The fourth-order valence-corrected chi connectivity index (χ4v) is 2.40. The number of nitrogen functional groups attached to an aromatic ring is 1. The number of nitro groups is 1. The van der Waals surface area contributed by atoms with Crippen molar-refractivity contribution in [3.63, 3.8) is 0 Å². The molecule has 20 heavy (non-hydrogen) atoms. The number of aryl methyl sites for hydroxylation is 1. The molecule has 1 aromatic heterocycles. The maximum atomic E-state index is 10.9. The summed E-state index contributed by atoms with van der Waals surface area (Å²) in [5.41, 5.74) is 4.25. The van der Waals surface area contributed by atoms with E-state index in [4.69, 9.17) is 5.84 Å². The van der Waals surface area contributed by atoms with Crippen molar-refractivity contribution >= 4 is 23.1 Å². The zero-order valence-corrected chi connectivity index (χ0v) is 11.6. The van der Waals surface area contributed by atoms with Crippen LogP contribution in [0.1, 0.15) is 11.3 Å². The highest BCUT2D eigenvalue weighted by molar-refractivity contribution is 7.98. The Morgan fingerprint density at radius 3 is 2.90 bits per heavy atom. The van der Waals surface area contributed by atoms with Crippen molar-refractivity contribution in [3.8, 4) is 0 Å². The standard InChI is InChI=1S/C12H13N5O2S/c1-8-4-5-14-12(15-8)20-7-9-2-3-10(16-13)11(6-9)17(18)19/h2-6,16H,7,13H2,1H3. The minimum Gasteiger partial charge on any atom is -0.318 e. The molecule has 1 heterocycles. The maximum absolute atomic E-state index is 10.9. The van der Waals surface area contributed by atoms with Crippen LogP contribution < -0.4 is 11.3 Å². The maximum Gasteiger partial charge on any atom is 0.293 e. The van der Waals surface area contributed by atoms with Crippen molar-refractivity contribution in [1.82, 2.24) is 9.97 Å². The molecule has 0 saturated carbocycles. The highest BCUT2D eigenvalue weighted by atomic mass is 32.2. The lowest BCUT2D eigenvalue weighted by Gasteiger charge is -2.05. The number of nitrogens with two attached hydrogens (primary N) is 1. The zero-order chi connectivity index (χ0) is 14.5. The molecule has 8 heteroatoms. The molecule has 0 spiro atoms. The minimum atomic E-state index is -0.466. The molecule has 0 aliphatic heterocycles. The number of thioether (sulfide) groups is 1. The van der Waals surface area contributed by atoms with Gasteiger partial charge in [-0.05, 0) is 24.6 Å². The number of hydrogen-bond acceptors (Lipinski definition) is 7. The van der Waals surface area contributed by atoms with E-state index in [1.165, 1.54) is 17.8 Å². The van der Waals surface area contributed by atoms with Crippen LogP contribution in [0.3, 0.4) is 0 Å². The molecule has 0 fully saturated rings. The largest absolute Gasteiger partial charge is 0.318 e. The second-order valence-electron chi connectivity index (χ2n) is 4.02. The third-order valence-corrected chi connectivity index (χ3v) is 3.49. The molecule has 0 bridgehead atoms. The Labute approximate surface area is 119 Å². The minimum absolute atomic E-state index is 0.0456. The highest BCUT2D eigenvalue weighted by Gasteiger charge is 2.13. The summed E-state index contributed by atoms with van der Waals surface area (Å²) in [7, 11) is 0. The number of hydrogen-bond donors (Lipinski definition) is 2. The lowest BCUT2D eigenvalue weighted by atomic mass is 10.2. The van der Waals surface area contributed by atoms with Gasteiger partial charge in [-0.1, -0.05) is 17.8 Å². The van der Waals surface area contributed by atoms with E-state index in [0.29, 0.717) is 10.9 Å². The lowest BCUT2D eigenvalue weighted by Crippen LogP contribution is -2.09. The highest BCUT2D eigenvalue weighted by Crippen LogP contribution is 2.27. The van der Waals surface area contributed by atoms with E-state index < -0.39 is 4.92 Å². The third-order valence-electron chi connectivity index (χ3n) is 2.55. The number of nitrogens with one attached hydrogen (secondary N) is 1. The topological polar surface area (TPSA) is 107 Å². The van der Waals surface area contributed by atoms with E-state index in [9.17, 15) is 10.1 Å². The first-order valence-electron chi connectivity index (χ1n) is 5.76. The molecule has 0 amide bonds. The van der Waals surface area contributed by atoms with Gasteiger partial charge in [-0.15, -0.1) is 0 Å². The summed E-state index contributed by atoms with van der Waals surface area (Å²) >= 11 is 1.43. The molecule has 3 N–H and O–H groups in total. The van der Waals surface area contributed by atoms with E-state index in [1.807, 2.05) is 13.0 Å². The van der Waals surface area contributed by atoms with Crippen molar-refractivity contribution in [2.24, 2.45) is 5.84 Å². The Hall–Kier alpha value is -2.19. The first-order chi connectivity index (χ1) is 9.60. The monoisotopic (exact) mass is 291 g/mol. The second-order valence-corrected chi connectivity index (χ2v) is 4.96. The zero-order valence-electron chi connectivity index (χ0n) is 10.7. The molecular formula is C12H13N5O2S. The summed E-state index contributed by atoms with van der Waals surface area (Å²) in [5, 5.41) is 11.6. The number of nitrogens with zero attached hydrogens (tertiary/aromatic N) is 3. The molecule has 0 unspecified atom stereocenters. The number of benzene rings is 1. The van der Waals surface area contributed by atoms with Crippen LogP contribution in [0.2, 0.25) is 0 Å². The molecule has 2 aromatic rings. The van der Waals surface area contributed by atoms with E-state index in [-0.39, 0.29) is 11.4 Å². The van der Waals surface area contributed by atoms with Crippen LogP contribution in [-0.2, 0) is 5.75 Å². The van der Waals surface area contributed by atoms with E-state index in [0.717, 1.165) is 11.3 Å². The Kier molecular flexibility index (Phi) is 4.49.